The fraction of sp³-hybridized carbons (Fsp3) is 0.226. The first kappa shape index (κ1) is 27.2. The highest BCUT2D eigenvalue weighted by Crippen LogP contribution is 2.25. The number of hydrogen-bond donors (Lipinski definition) is 0. The summed E-state index contributed by atoms with van der Waals surface area (Å²) < 4.78 is 54.6. The number of amides is 2. The van der Waals surface area contributed by atoms with Crippen molar-refractivity contribution in [3.05, 3.63) is 112 Å². The monoisotopic (exact) mass is 549 g/mol. The van der Waals surface area contributed by atoms with E-state index in [0.717, 1.165) is 35.5 Å². The van der Waals surface area contributed by atoms with E-state index in [9.17, 15) is 27.2 Å². The number of halogens is 4. The van der Waals surface area contributed by atoms with E-state index in [2.05, 4.69) is 4.90 Å². The molecule has 9 heteroatoms. The first-order valence-electron chi connectivity index (χ1n) is 12.9. The van der Waals surface area contributed by atoms with Gasteiger partial charge in [0.1, 0.15) is 0 Å². The quantitative estimate of drug-likeness (QED) is 0.304. The number of likely N-dealkylation sites (tertiary alicyclic amines) is 1. The molecule has 3 aromatic carbocycles. The zero-order valence-corrected chi connectivity index (χ0v) is 21.8. The van der Waals surface area contributed by atoms with E-state index >= 15 is 0 Å². The Kier molecular flexibility index (Phi) is 7.73. The van der Waals surface area contributed by atoms with E-state index in [0.29, 0.717) is 26.2 Å². The second-order valence-corrected chi connectivity index (χ2v) is 9.96. The van der Waals surface area contributed by atoms with Crippen LogP contribution >= 0.6 is 0 Å². The van der Waals surface area contributed by atoms with Crippen molar-refractivity contribution in [3.8, 4) is 0 Å². The van der Waals surface area contributed by atoms with E-state index in [4.69, 9.17) is 0 Å². The first-order valence-corrected chi connectivity index (χ1v) is 12.9. The molecule has 0 atom stereocenters. The number of nitrogens with zero attached hydrogens (tertiary/aromatic N) is 3. The number of piperidine rings is 1. The molecule has 0 saturated carbocycles. The van der Waals surface area contributed by atoms with Crippen LogP contribution in [-0.4, -0.2) is 60.9 Å². The summed E-state index contributed by atoms with van der Waals surface area (Å²) in [7, 11) is 0. The van der Waals surface area contributed by atoms with Gasteiger partial charge in [-0.2, -0.15) is 0 Å². The molecule has 5 rings (SSSR count). The van der Waals surface area contributed by atoms with Crippen molar-refractivity contribution in [3.63, 3.8) is 0 Å². The van der Waals surface area contributed by atoms with Crippen LogP contribution < -0.4 is 4.90 Å². The molecule has 2 saturated heterocycles. The minimum atomic E-state index is -1.06. The first-order chi connectivity index (χ1) is 19.2. The lowest BCUT2D eigenvalue weighted by Crippen LogP contribution is -2.54. The molecule has 5 nitrogen and oxygen atoms in total. The van der Waals surface area contributed by atoms with Gasteiger partial charge in [-0.15, -0.1) is 0 Å². The van der Waals surface area contributed by atoms with Crippen LogP contribution in [0.15, 0.2) is 71.8 Å². The van der Waals surface area contributed by atoms with Crippen LogP contribution in [0.1, 0.15) is 16.7 Å². The second kappa shape index (κ2) is 11.4. The van der Waals surface area contributed by atoms with E-state index in [1.807, 2.05) is 31.2 Å². The maximum Gasteiger partial charge on any atom is 0.320 e. The molecule has 0 spiro atoms. The van der Waals surface area contributed by atoms with E-state index in [-0.39, 0.29) is 41.4 Å². The molecule has 206 valence electrons. The largest absolute Gasteiger partial charge is 0.368 e. The van der Waals surface area contributed by atoms with Crippen LogP contribution in [0, 0.1) is 30.2 Å². The number of aryl methyl sites for hydroxylation is 1. The Labute approximate surface area is 229 Å². The van der Waals surface area contributed by atoms with Crippen LogP contribution in [0.25, 0.3) is 12.2 Å². The summed E-state index contributed by atoms with van der Waals surface area (Å²) in [5.41, 5.74) is 3.15. The third kappa shape index (κ3) is 5.93. The number of carbonyl (C=O) groups excluding carboxylic acids is 2. The third-order valence-corrected chi connectivity index (χ3v) is 7.09. The minimum absolute atomic E-state index is 0.0377. The highest BCUT2D eigenvalue weighted by Gasteiger charge is 2.33. The Balaban J connectivity index is 1.40. The van der Waals surface area contributed by atoms with Crippen molar-refractivity contribution < 1.29 is 27.2 Å². The number of piperazine rings is 1. The van der Waals surface area contributed by atoms with Gasteiger partial charge in [-0.25, -0.2) is 22.4 Å². The molecule has 2 aliphatic heterocycles. The molecule has 2 amide bonds. The van der Waals surface area contributed by atoms with Gasteiger partial charge in [0.15, 0.2) is 29.1 Å². The summed E-state index contributed by atoms with van der Waals surface area (Å²) in [5.74, 6) is -4.57. The molecule has 0 N–H and O–H groups in total. The highest BCUT2D eigenvalue weighted by atomic mass is 19.2. The topological polar surface area (TPSA) is 43.9 Å². The predicted molar refractivity (Wildman–Crippen MR) is 146 cm³/mol. The van der Waals surface area contributed by atoms with Gasteiger partial charge in [0.25, 0.3) is 0 Å². The summed E-state index contributed by atoms with van der Waals surface area (Å²) in [6.07, 6.45) is 2.83. The van der Waals surface area contributed by atoms with Crippen LogP contribution in [0.2, 0.25) is 0 Å². The SMILES string of the molecule is Cc1ccc(N2CCN(C(=O)N3C/C(=C\c4ccc(F)c(F)c4)C(=O)/C(=C/c4ccc(F)c(F)c4)C3)CC2)cc1. The van der Waals surface area contributed by atoms with E-state index in [1.54, 1.807) is 4.90 Å². The lowest BCUT2D eigenvalue weighted by Gasteiger charge is -2.40. The lowest BCUT2D eigenvalue weighted by molar-refractivity contribution is -0.113. The number of carbonyl (C=O) groups is 2. The van der Waals surface area contributed by atoms with Gasteiger partial charge >= 0.3 is 6.03 Å². The average molecular weight is 550 g/mol. The minimum Gasteiger partial charge on any atom is -0.368 e. The van der Waals surface area contributed by atoms with Gasteiger partial charge in [-0.3, -0.25) is 4.79 Å². The van der Waals surface area contributed by atoms with Crippen molar-refractivity contribution in [2.75, 3.05) is 44.2 Å². The molecule has 2 aliphatic rings. The Morgan fingerprint density at radius 3 is 1.65 bits per heavy atom. The van der Waals surface area contributed by atoms with Crippen LogP contribution in [0.5, 0.6) is 0 Å². The molecule has 0 unspecified atom stereocenters. The van der Waals surface area contributed by atoms with Gasteiger partial charge in [0.2, 0.25) is 0 Å². The number of benzene rings is 3. The van der Waals surface area contributed by atoms with Crippen molar-refractivity contribution in [2.45, 2.75) is 6.92 Å². The normalized spacial score (nSPS) is 18.1. The lowest BCUT2D eigenvalue weighted by atomic mass is 9.94. The predicted octanol–water partition coefficient (Wildman–Crippen LogP) is 5.85. The standard InChI is InChI=1S/C31H27F4N3O2/c1-20-2-6-25(7-3-20)36-10-12-37(13-11-36)31(40)38-18-23(14-21-4-8-26(32)28(34)16-21)30(39)24(19-38)15-22-5-9-27(33)29(35)17-22/h2-9,14-17H,10-13,18-19H2,1H3/b23-14+,24-15+. The summed E-state index contributed by atoms with van der Waals surface area (Å²) in [6, 6.07) is 14.4. The van der Waals surface area contributed by atoms with E-state index < -0.39 is 29.1 Å². The summed E-state index contributed by atoms with van der Waals surface area (Å²) in [4.78, 5) is 32.4. The maximum absolute atomic E-state index is 13.8. The summed E-state index contributed by atoms with van der Waals surface area (Å²) >= 11 is 0. The molecule has 0 bridgehead atoms. The van der Waals surface area contributed by atoms with Crippen LogP contribution in [-0.2, 0) is 4.79 Å². The van der Waals surface area contributed by atoms with Gasteiger partial charge in [0, 0.05) is 43.0 Å². The van der Waals surface area contributed by atoms with Gasteiger partial charge in [0.05, 0.1) is 13.1 Å². The molecular weight excluding hydrogens is 522 g/mol. The molecule has 2 fully saturated rings. The molecular formula is C31H27F4N3O2. The Bertz CT molecular complexity index is 1440. The number of anilines is 1. The average Bonchev–Trinajstić information content (AvgIpc) is 2.95. The smallest absolute Gasteiger partial charge is 0.320 e. The number of hydrogen-bond acceptors (Lipinski definition) is 3. The Hall–Kier alpha value is -4.40. The number of rotatable bonds is 3. The van der Waals surface area contributed by atoms with Crippen molar-refractivity contribution in [1.29, 1.82) is 0 Å². The fourth-order valence-corrected chi connectivity index (χ4v) is 4.89. The van der Waals surface area contributed by atoms with Crippen molar-refractivity contribution in [2.24, 2.45) is 0 Å². The molecule has 3 aromatic rings. The number of ketones is 1. The van der Waals surface area contributed by atoms with Crippen LogP contribution in [0.3, 0.4) is 0 Å². The van der Waals surface area contributed by atoms with Crippen molar-refractivity contribution in [1.82, 2.24) is 9.80 Å². The molecule has 0 aliphatic carbocycles. The highest BCUT2D eigenvalue weighted by molar-refractivity contribution is 6.15. The van der Waals surface area contributed by atoms with Gasteiger partial charge in [-0.1, -0.05) is 29.8 Å². The van der Waals surface area contributed by atoms with E-state index in [1.165, 1.54) is 29.2 Å². The van der Waals surface area contributed by atoms with Gasteiger partial charge < -0.3 is 14.7 Å². The molecule has 0 radical (unpaired) electrons. The summed E-state index contributed by atoms with van der Waals surface area (Å²) in [6.45, 7) is 4.17. The zero-order valence-electron chi connectivity index (χ0n) is 21.8. The molecule has 2 heterocycles. The molecule has 0 aromatic heterocycles. The van der Waals surface area contributed by atoms with Crippen molar-refractivity contribution >= 4 is 29.7 Å². The van der Waals surface area contributed by atoms with Gasteiger partial charge in [-0.05, 0) is 66.6 Å². The third-order valence-electron chi connectivity index (χ3n) is 7.09. The Morgan fingerprint density at radius 2 is 1.18 bits per heavy atom. The zero-order chi connectivity index (χ0) is 28.4. The fourth-order valence-electron chi connectivity index (χ4n) is 4.89. The summed E-state index contributed by atoms with van der Waals surface area (Å²) in [5, 5.41) is 0. The number of Topliss-reactive ketones (excluding diaryl/α,β-unsaturated/α-hetero) is 1. The maximum atomic E-state index is 13.8. The number of urea groups is 1. The second-order valence-electron chi connectivity index (χ2n) is 9.96. The van der Waals surface area contributed by atoms with Crippen LogP contribution in [0.4, 0.5) is 28.0 Å². The molecule has 40 heavy (non-hydrogen) atoms. The Morgan fingerprint density at radius 1 is 0.675 bits per heavy atom.